The van der Waals surface area contributed by atoms with Crippen LogP contribution in [0.1, 0.15) is 94.6 Å². The van der Waals surface area contributed by atoms with Gasteiger partial charge in [0.1, 0.15) is 11.0 Å². The van der Waals surface area contributed by atoms with Crippen molar-refractivity contribution in [2.24, 2.45) is 5.92 Å². The Bertz CT molecular complexity index is 893. The summed E-state index contributed by atoms with van der Waals surface area (Å²) >= 11 is 6.26. The molecule has 2 aliphatic rings. The average molecular weight is 527 g/mol. The Balaban J connectivity index is 1.10. The molecule has 4 rings (SSSR count). The van der Waals surface area contributed by atoms with Gasteiger partial charge in [0.2, 0.25) is 5.95 Å². The van der Waals surface area contributed by atoms with Gasteiger partial charge in [-0.15, -0.1) is 0 Å². The monoisotopic (exact) mass is 526 g/mol. The molecule has 0 radical (unpaired) electrons. The maximum Gasteiger partial charge on any atom is 0.226 e. The molecule has 2 saturated carbocycles. The molecule has 7 heteroatoms. The van der Waals surface area contributed by atoms with Gasteiger partial charge in [-0.05, 0) is 62.2 Å². The summed E-state index contributed by atoms with van der Waals surface area (Å²) in [5.41, 5.74) is 2.53. The highest BCUT2D eigenvalue weighted by molar-refractivity contribution is 6.29. The van der Waals surface area contributed by atoms with Crippen LogP contribution in [0.5, 0.6) is 0 Å². The number of nitrogens with zero attached hydrogens (tertiary/aromatic N) is 2. The van der Waals surface area contributed by atoms with E-state index < -0.39 is 0 Å². The van der Waals surface area contributed by atoms with E-state index in [0.29, 0.717) is 17.6 Å². The number of halogens is 1. The molecule has 0 unspecified atom stereocenters. The van der Waals surface area contributed by atoms with E-state index in [2.05, 4.69) is 55.5 Å². The molecule has 1 aromatic carbocycles. The molecule has 1 aromatic heterocycles. The second-order valence-electron chi connectivity index (χ2n) is 11.0. The molecule has 0 amide bonds. The summed E-state index contributed by atoms with van der Waals surface area (Å²) in [5, 5.41) is 14.5. The zero-order valence-corrected chi connectivity index (χ0v) is 23.3. The van der Waals surface area contributed by atoms with E-state index in [9.17, 15) is 0 Å². The highest BCUT2D eigenvalue weighted by Gasteiger charge is 2.13. The Morgan fingerprint density at radius 1 is 0.730 bits per heavy atom. The lowest BCUT2D eigenvalue weighted by atomic mass is 9.86. The van der Waals surface area contributed by atoms with Gasteiger partial charge >= 0.3 is 0 Å². The third-order valence-corrected chi connectivity index (χ3v) is 8.08. The maximum atomic E-state index is 6.26. The number of anilines is 2. The largest absolute Gasteiger partial charge is 0.366 e. The lowest BCUT2D eigenvalue weighted by Crippen LogP contribution is -2.33. The fraction of sp³-hybridized carbons (Fsp3) is 0.667. The first-order chi connectivity index (χ1) is 18.2. The van der Waals surface area contributed by atoms with Crippen LogP contribution in [-0.2, 0) is 13.1 Å². The second kappa shape index (κ2) is 16.2. The Hall–Kier alpha value is -1.89. The van der Waals surface area contributed by atoms with Gasteiger partial charge in [0, 0.05) is 31.7 Å². The maximum absolute atomic E-state index is 6.26. The summed E-state index contributed by atoms with van der Waals surface area (Å²) in [6.45, 7) is 4.67. The molecule has 0 saturated heterocycles. The highest BCUT2D eigenvalue weighted by atomic mass is 35.5. The first-order valence-electron chi connectivity index (χ1n) is 14.8. The summed E-state index contributed by atoms with van der Waals surface area (Å²) in [6.07, 6.45) is 17.6. The summed E-state index contributed by atoms with van der Waals surface area (Å²) in [5.74, 6) is 2.26. The van der Waals surface area contributed by atoms with Crippen LogP contribution in [0, 0.1) is 5.92 Å². The minimum atomic E-state index is 0.461. The van der Waals surface area contributed by atoms with Gasteiger partial charge in [0.25, 0.3) is 0 Å². The summed E-state index contributed by atoms with van der Waals surface area (Å²) < 4.78 is 0. The van der Waals surface area contributed by atoms with E-state index in [1.165, 1.54) is 88.2 Å². The van der Waals surface area contributed by atoms with Gasteiger partial charge in [0.05, 0.1) is 0 Å². The van der Waals surface area contributed by atoms with E-state index in [1.54, 1.807) is 6.07 Å². The lowest BCUT2D eigenvalue weighted by Gasteiger charge is -2.22. The van der Waals surface area contributed by atoms with E-state index in [4.69, 9.17) is 11.6 Å². The molecule has 4 N–H and O–H groups in total. The number of aromatic nitrogens is 2. The minimum Gasteiger partial charge on any atom is -0.366 e. The quantitative estimate of drug-likeness (QED) is 0.149. The van der Waals surface area contributed by atoms with E-state index >= 15 is 0 Å². The molecule has 204 valence electrons. The average Bonchev–Trinajstić information content (AvgIpc) is 2.93. The van der Waals surface area contributed by atoms with Crippen molar-refractivity contribution in [3.63, 3.8) is 0 Å². The van der Waals surface area contributed by atoms with Crippen LogP contribution >= 0.6 is 11.6 Å². The topological polar surface area (TPSA) is 73.9 Å². The summed E-state index contributed by atoms with van der Waals surface area (Å²) in [4.78, 5) is 8.96. The molecular formula is C30H47ClN6. The van der Waals surface area contributed by atoms with Gasteiger partial charge in [-0.1, -0.05) is 87.2 Å². The van der Waals surface area contributed by atoms with Crippen LogP contribution in [0.2, 0.25) is 5.15 Å². The smallest absolute Gasteiger partial charge is 0.226 e. The number of benzene rings is 1. The summed E-state index contributed by atoms with van der Waals surface area (Å²) in [7, 11) is 0. The highest BCUT2D eigenvalue weighted by Crippen LogP contribution is 2.27. The molecule has 1 heterocycles. The van der Waals surface area contributed by atoms with Crippen LogP contribution in [-0.4, -0.2) is 35.6 Å². The van der Waals surface area contributed by atoms with Crippen molar-refractivity contribution in [2.75, 3.05) is 30.3 Å². The molecule has 2 aromatic rings. The zero-order valence-electron chi connectivity index (χ0n) is 22.5. The van der Waals surface area contributed by atoms with Crippen molar-refractivity contribution >= 4 is 23.4 Å². The van der Waals surface area contributed by atoms with Gasteiger partial charge in [0.15, 0.2) is 0 Å². The van der Waals surface area contributed by atoms with Gasteiger partial charge in [-0.2, -0.15) is 4.98 Å². The van der Waals surface area contributed by atoms with Crippen molar-refractivity contribution in [1.82, 2.24) is 20.6 Å². The number of nitrogens with one attached hydrogen (secondary N) is 4. The molecule has 0 aliphatic heterocycles. The first kappa shape index (κ1) is 28.1. The molecule has 0 atom stereocenters. The van der Waals surface area contributed by atoms with Gasteiger partial charge in [-0.25, -0.2) is 4.98 Å². The van der Waals surface area contributed by atoms with E-state index in [0.717, 1.165) is 50.4 Å². The van der Waals surface area contributed by atoms with E-state index in [-0.39, 0.29) is 0 Å². The van der Waals surface area contributed by atoms with Crippen LogP contribution < -0.4 is 21.3 Å². The normalized spacial score (nSPS) is 17.1. The summed E-state index contributed by atoms with van der Waals surface area (Å²) in [6, 6.07) is 11.3. The Morgan fingerprint density at radius 2 is 1.43 bits per heavy atom. The Labute approximate surface area is 229 Å². The van der Waals surface area contributed by atoms with Crippen molar-refractivity contribution in [3.05, 3.63) is 46.6 Å². The molecule has 2 fully saturated rings. The predicted molar refractivity (Wildman–Crippen MR) is 156 cm³/mol. The first-order valence-corrected chi connectivity index (χ1v) is 15.2. The number of rotatable bonds is 15. The predicted octanol–water partition coefficient (Wildman–Crippen LogP) is 6.92. The van der Waals surface area contributed by atoms with Crippen LogP contribution in [0.15, 0.2) is 30.3 Å². The fourth-order valence-corrected chi connectivity index (χ4v) is 5.86. The minimum absolute atomic E-state index is 0.461. The van der Waals surface area contributed by atoms with Crippen molar-refractivity contribution in [2.45, 2.75) is 103 Å². The second-order valence-corrected chi connectivity index (χ2v) is 11.3. The molecule has 6 nitrogen and oxygen atoms in total. The Morgan fingerprint density at radius 3 is 2.19 bits per heavy atom. The zero-order chi connectivity index (χ0) is 25.5. The standard InChI is InChI=1S/C30H47ClN6/c31-28-21-29(37-30(36-28)34-19-7-11-24-9-3-1-4-10-24)35-23-26-16-14-25(15-17-26)22-32-18-8-20-33-27-12-5-2-6-13-27/h14-17,21,24,27,32-33H,1-13,18-20,22-23H2,(H2,34,35,36,37). The van der Waals surface area contributed by atoms with Crippen molar-refractivity contribution in [1.29, 1.82) is 0 Å². The number of hydrogen-bond acceptors (Lipinski definition) is 6. The van der Waals surface area contributed by atoms with Crippen LogP contribution in [0.25, 0.3) is 0 Å². The third-order valence-electron chi connectivity index (χ3n) is 7.89. The number of hydrogen-bond donors (Lipinski definition) is 4. The molecule has 0 bridgehead atoms. The van der Waals surface area contributed by atoms with Crippen molar-refractivity contribution in [3.8, 4) is 0 Å². The van der Waals surface area contributed by atoms with E-state index in [1.807, 2.05) is 0 Å². The van der Waals surface area contributed by atoms with Crippen LogP contribution in [0.3, 0.4) is 0 Å². The van der Waals surface area contributed by atoms with Gasteiger partial charge in [-0.3, -0.25) is 0 Å². The Kier molecular flexibility index (Phi) is 12.3. The fourth-order valence-electron chi connectivity index (χ4n) is 5.68. The van der Waals surface area contributed by atoms with Crippen molar-refractivity contribution < 1.29 is 0 Å². The molecule has 37 heavy (non-hydrogen) atoms. The molecule has 0 spiro atoms. The molecule has 2 aliphatic carbocycles. The van der Waals surface area contributed by atoms with Gasteiger partial charge < -0.3 is 21.3 Å². The SMILES string of the molecule is Clc1cc(NCc2ccc(CNCCCNC3CCCCC3)cc2)nc(NCCCC2CCCCC2)n1. The lowest BCUT2D eigenvalue weighted by molar-refractivity contribution is 0.335. The third kappa shape index (κ3) is 10.8. The van der Waals surface area contributed by atoms with Crippen LogP contribution in [0.4, 0.5) is 11.8 Å². The molecular weight excluding hydrogens is 480 g/mol.